The van der Waals surface area contributed by atoms with E-state index >= 15 is 0 Å². The van der Waals surface area contributed by atoms with Crippen LogP contribution in [0.15, 0.2) is 24.3 Å². The van der Waals surface area contributed by atoms with E-state index in [0.29, 0.717) is 17.3 Å². The Morgan fingerprint density at radius 1 is 1.36 bits per heavy atom. The zero-order valence-electron chi connectivity index (χ0n) is 12.3. The number of nitrogens with two attached hydrogens (primary N) is 1. The number of rotatable bonds is 2. The maximum Gasteiger partial charge on any atom is 0.148 e. The van der Waals surface area contributed by atoms with Crippen LogP contribution >= 0.6 is 24.0 Å². The van der Waals surface area contributed by atoms with Crippen LogP contribution in [0, 0.1) is 6.92 Å². The molecule has 1 aromatic heterocycles. The number of nitrogens with zero attached hydrogens (tertiary/aromatic N) is 3. The molecule has 0 saturated heterocycles. The van der Waals surface area contributed by atoms with E-state index in [0.717, 1.165) is 24.4 Å². The van der Waals surface area contributed by atoms with Gasteiger partial charge in [-0.1, -0.05) is 17.7 Å². The molecule has 1 fully saturated rings. The summed E-state index contributed by atoms with van der Waals surface area (Å²) in [7, 11) is 0. The minimum Gasteiger partial charge on any atom is -0.391 e. The molecule has 0 aliphatic heterocycles. The Labute approximate surface area is 140 Å². The number of aromatic nitrogens is 3. The van der Waals surface area contributed by atoms with Gasteiger partial charge in [-0.2, -0.15) is 5.10 Å². The second-order valence-corrected chi connectivity index (χ2v) is 6.09. The van der Waals surface area contributed by atoms with E-state index in [1.807, 2.05) is 35.9 Å². The van der Waals surface area contributed by atoms with E-state index < -0.39 is 6.10 Å². The molecule has 3 rings (SSSR count). The van der Waals surface area contributed by atoms with Crippen molar-refractivity contribution in [3.8, 4) is 5.69 Å². The highest BCUT2D eigenvalue weighted by molar-refractivity contribution is 6.30. The van der Waals surface area contributed by atoms with E-state index in [2.05, 4.69) is 10.1 Å². The number of halogens is 2. The van der Waals surface area contributed by atoms with Crippen molar-refractivity contribution >= 4 is 24.0 Å². The molecule has 120 valence electrons. The molecule has 1 heterocycles. The Hall–Kier alpha value is -1.14. The molecule has 1 saturated carbocycles. The van der Waals surface area contributed by atoms with Gasteiger partial charge in [-0.05, 0) is 44.4 Å². The van der Waals surface area contributed by atoms with Crippen LogP contribution in [-0.4, -0.2) is 32.0 Å². The predicted molar refractivity (Wildman–Crippen MR) is 88.9 cm³/mol. The van der Waals surface area contributed by atoms with Gasteiger partial charge in [-0.15, -0.1) is 12.4 Å². The number of hydrogen-bond donors (Lipinski definition) is 2. The number of aliphatic hydroxyl groups is 1. The Bertz CT molecular complexity index is 646. The van der Waals surface area contributed by atoms with Gasteiger partial charge < -0.3 is 10.8 Å². The Balaban J connectivity index is 0.00000176. The van der Waals surface area contributed by atoms with Gasteiger partial charge >= 0.3 is 0 Å². The van der Waals surface area contributed by atoms with E-state index in [1.165, 1.54) is 0 Å². The summed E-state index contributed by atoms with van der Waals surface area (Å²) in [5.41, 5.74) is 6.77. The van der Waals surface area contributed by atoms with Crippen molar-refractivity contribution in [1.29, 1.82) is 0 Å². The third kappa shape index (κ3) is 3.43. The molecule has 1 aromatic carbocycles. The first-order chi connectivity index (χ1) is 10.0. The van der Waals surface area contributed by atoms with Crippen LogP contribution in [0.4, 0.5) is 0 Å². The van der Waals surface area contributed by atoms with Gasteiger partial charge in [0, 0.05) is 17.0 Å². The predicted octanol–water partition coefficient (Wildman–Crippen LogP) is 2.61. The molecule has 3 atom stereocenters. The molecule has 1 aliphatic carbocycles. The normalized spacial score (nSPS) is 24.8. The largest absolute Gasteiger partial charge is 0.391 e. The Morgan fingerprint density at radius 3 is 2.82 bits per heavy atom. The Morgan fingerprint density at radius 2 is 2.14 bits per heavy atom. The summed E-state index contributed by atoms with van der Waals surface area (Å²) in [6, 6.07) is 7.41. The van der Waals surface area contributed by atoms with Gasteiger partial charge in [0.1, 0.15) is 11.6 Å². The first-order valence-corrected chi connectivity index (χ1v) is 7.55. The molecule has 0 radical (unpaired) electrons. The maximum atomic E-state index is 10.0. The highest BCUT2D eigenvalue weighted by Crippen LogP contribution is 2.32. The molecule has 0 bridgehead atoms. The average Bonchev–Trinajstić information content (AvgIpc) is 2.84. The molecule has 22 heavy (non-hydrogen) atoms. The third-order valence-corrected chi connectivity index (χ3v) is 4.26. The summed E-state index contributed by atoms with van der Waals surface area (Å²) in [4.78, 5) is 4.56. The van der Waals surface area contributed by atoms with Gasteiger partial charge in [0.15, 0.2) is 0 Å². The van der Waals surface area contributed by atoms with E-state index in [9.17, 15) is 5.11 Å². The summed E-state index contributed by atoms with van der Waals surface area (Å²) in [5.74, 6) is 1.76. The van der Waals surface area contributed by atoms with Crippen LogP contribution in [0.2, 0.25) is 5.02 Å². The fourth-order valence-corrected chi connectivity index (χ4v) is 3.08. The SMILES string of the molecule is Cc1nc([C@H]2CC[C@@H](N)[C@H](O)C2)n(-c2cccc(Cl)c2)n1.Cl. The standard InChI is InChI=1S/C15H19ClN4O.ClH/c1-9-18-15(10-5-6-13(17)14(21)7-10)20(19-9)12-4-2-3-11(16)8-12;/h2-4,8,10,13-14,21H,5-7,17H2,1H3;1H/t10-,13+,14+;/m0./s1. The lowest BCUT2D eigenvalue weighted by molar-refractivity contribution is 0.0961. The molecule has 0 unspecified atom stereocenters. The first kappa shape index (κ1) is 17.2. The van der Waals surface area contributed by atoms with E-state index in [4.69, 9.17) is 17.3 Å². The van der Waals surface area contributed by atoms with Gasteiger partial charge in [0.25, 0.3) is 0 Å². The zero-order valence-corrected chi connectivity index (χ0v) is 13.9. The van der Waals surface area contributed by atoms with Crippen LogP contribution in [0.25, 0.3) is 5.69 Å². The fraction of sp³-hybridized carbons (Fsp3) is 0.467. The second-order valence-electron chi connectivity index (χ2n) is 5.65. The van der Waals surface area contributed by atoms with Crippen LogP contribution in [0.1, 0.15) is 36.8 Å². The van der Waals surface area contributed by atoms with Gasteiger partial charge in [-0.25, -0.2) is 9.67 Å². The van der Waals surface area contributed by atoms with Crippen LogP contribution < -0.4 is 5.73 Å². The lowest BCUT2D eigenvalue weighted by Crippen LogP contribution is -2.40. The highest BCUT2D eigenvalue weighted by atomic mass is 35.5. The lowest BCUT2D eigenvalue weighted by Gasteiger charge is -2.30. The topological polar surface area (TPSA) is 77.0 Å². The minimum atomic E-state index is -0.478. The number of aryl methyl sites for hydroxylation is 1. The van der Waals surface area contributed by atoms with Crippen molar-refractivity contribution < 1.29 is 5.11 Å². The number of benzene rings is 1. The maximum absolute atomic E-state index is 10.0. The zero-order chi connectivity index (χ0) is 15.0. The van der Waals surface area contributed by atoms with Crippen molar-refractivity contribution in [1.82, 2.24) is 14.8 Å². The van der Waals surface area contributed by atoms with Gasteiger partial charge in [0.2, 0.25) is 0 Å². The number of aliphatic hydroxyl groups excluding tert-OH is 1. The number of hydrogen-bond acceptors (Lipinski definition) is 4. The molecular weight excluding hydrogens is 323 g/mol. The molecule has 2 aromatic rings. The molecule has 0 amide bonds. The molecule has 7 heteroatoms. The third-order valence-electron chi connectivity index (χ3n) is 4.02. The summed E-state index contributed by atoms with van der Waals surface area (Å²) in [6.07, 6.45) is 1.86. The van der Waals surface area contributed by atoms with Gasteiger partial charge in [-0.3, -0.25) is 0 Å². The van der Waals surface area contributed by atoms with E-state index in [1.54, 1.807) is 0 Å². The molecule has 1 aliphatic rings. The highest BCUT2D eigenvalue weighted by Gasteiger charge is 2.31. The van der Waals surface area contributed by atoms with Crippen LogP contribution in [-0.2, 0) is 0 Å². The lowest BCUT2D eigenvalue weighted by atomic mass is 9.84. The monoisotopic (exact) mass is 342 g/mol. The summed E-state index contributed by atoms with van der Waals surface area (Å²) in [6.45, 7) is 1.87. The van der Waals surface area contributed by atoms with Crippen molar-refractivity contribution in [2.45, 2.75) is 44.2 Å². The summed E-state index contributed by atoms with van der Waals surface area (Å²) in [5, 5.41) is 15.2. The van der Waals surface area contributed by atoms with Crippen molar-refractivity contribution in [2.24, 2.45) is 5.73 Å². The Kier molecular flexibility index (Phi) is 5.45. The van der Waals surface area contributed by atoms with Crippen LogP contribution in [0.5, 0.6) is 0 Å². The quantitative estimate of drug-likeness (QED) is 0.879. The molecule has 0 spiro atoms. The van der Waals surface area contributed by atoms with Crippen molar-refractivity contribution in [3.05, 3.63) is 40.9 Å². The van der Waals surface area contributed by atoms with Crippen molar-refractivity contribution in [2.75, 3.05) is 0 Å². The fourth-order valence-electron chi connectivity index (χ4n) is 2.90. The minimum absolute atomic E-state index is 0. The van der Waals surface area contributed by atoms with Crippen LogP contribution in [0.3, 0.4) is 0 Å². The first-order valence-electron chi connectivity index (χ1n) is 7.17. The molecule has 3 N–H and O–H groups in total. The van der Waals surface area contributed by atoms with Gasteiger partial charge in [0.05, 0.1) is 11.8 Å². The average molecular weight is 343 g/mol. The smallest absolute Gasteiger partial charge is 0.148 e. The molecular formula is C15H20Cl2N4O. The van der Waals surface area contributed by atoms with E-state index in [-0.39, 0.29) is 24.4 Å². The summed E-state index contributed by atoms with van der Waals surface area (Å²) >= 11 is 6.06. The molecule has 5 nitrogen and oxygen atoms in total. The summed E-state index contributed by atoms with van der Waals surface area (Å²) < 4.78 is 1.83. The second kappa shape index (κ2) is 6.96. The van der Waals surface area contributed by atoms with Crippen molar-refractivity contribution in [3.63, 3.8) is 0 Å².